The summed E-state index contributed by atoms with van der Waals surface area (Å²) >= 11 is 4.56. The molecule has 0 bridgehead atoms. The second kappa shape index (κ2) is 5.50. The van der Waals surface area contributed by atoms with Gasteiger partial charge in [-0.3, -0.25) is 0 Å². The molecule has 2 aromatic heterocycles. The zero-order valence-corrected chi connectivity index (χ0v) is 13.9. The molecule has 0 saturated carbocycles. The van der Waals surface area contributed by atoms with Crippen LogP contribution in [0, 0.1) is 0 Å². The summed E-state index contributed by atoms with van der Waals surface area (Å²) in [6, 6.07) is 21.4. The second-order valence-corrected chi connectivity index (χ2v) is 6.16. The molecule has 0 amide bonds. The van der Waals surface area contributed by atoms with Gasteiger partial charge in [0.15, 0.2) is 11.2 Å². The Kier molecular flexibility index (Phi) is 3.15. The van der Waals surface area contributed by atoms with Gasteiger partial charge in [-0.25, -0.2) is 9.97 Å². The molecule has 5 heteroatoms. The Morgan fingerprint density at radius 3 is 2.20 bits per heavy atom. The predicted molar refractivity (Wildman–Crippen MR) is 99.7 cm³/mol. The van der Waals surface area contributed by atoms with Crippen LogP contribution in [0.4, 0.5) is 0 Å². The molecule has 0 fully saturated rings. The van der Waals surface area contributed by atoms with E-state index in [0.29, 0.717) is 22.9 Å². The number of rotatable bonds is 2. The molecule has 0 spiro atoms. The highest BCUT2D eigenvalue weighted by molar-refractivity contribution is 7.80. The highest BCUT2D eigenvalue weighted by atomic mass is 32.1. The first-order valence-corrected chi connectivity index (χ1v) is 8.28. The minimum atomic E-state index is 0.371. The molecule has 0 aliphatic carbocycles. The van der Waals surface area contributed by atoms with Crippen molar-refractivity contribution in [2.24, 2.45) is 0 Å². The second-order valence-electron chi connectivity index (χ2n) is 5.68. The first-order valence-electron chi connectivity index (χ1n) is 7.83. The van der Waals surface area contributed by atoms with Crippen LogP contribution in [0.3, 0.4) is 0 Å². The van der Waals surface area contributed by atoms with E-state index in [-0.39, 0.29) is 0 Å². The fourth-order valence-electron chi connectivity index (χ4n) is 2.92. The third kappa shape index (κ3) is 2.32. The summed E-state index contributed by atoms with van der Waals surface area (Å²) in [5.41, 5.74) is 4.91. The summed E-state index contributed by atoms with van der Waals surface area (Å²) < 4.78 is 11.7. The number of thiol groups is 1. The fraction of sp³-hybridized carbons (Fsp3) is 0. The summed E-state index contributed by atoms with van der Waals surface area (Å²) in [6.07, 6.45) is 0. The van der Waals surface area contributed by atoms with E-state index in [0.717, 1.165) is 27.1 Å². The molecule has 0 aliphatic heterocycles. The van der Waals surface area contributed by atoms with Gasteiger partial charge in [0, 0.05) is 10.5 Å². The predicted octanol–water partition coefficient (Wildman–Crippen LogP) is 5.59. The molecule has 0 saturated heterocycles. The number of oxazole rings is 2. The third-order valence-electron chi connectivity index (χ3n) is 4.09. The van der Waals surface area contributed by atoms with Gasteiger partial charge in [-0.1, -0.05) is 42.5 Å². The molecular formula is C20H12N2O2S. The number of benzene rings is 3. The standard InChI is InChI=1S/C20H12N2O2S/c25-17-11-4-1-6-12(17)13-7-5-10-16-18(13)22-20(24-16)19-21-14-8-2-3-9-15(14)23-19/h1-11,25H. The maximum Gasteiger partial charge on any atom is 0.284 e. The van der Waals surface area contributed by atoms with E-state index < -0.39 is 0 Å². The van der Waals surface area contributed by atoms with Crippen LogP contribution in [0.25, 0.3) is 45.1 Å². The Morgan fingerprint density at radius 2 is 1.32 bits per heavy atom. The Labute approximate surface area is 148 Å². The quantitative estimate of drug-likeness (QED) is 0.424. The molecule has 25 heavy (non-hydrogen) atoms. The van der Waals surface area contributed by atoms with Crippen LogP contribution in [0.15, 0.2) is 80.5 Å². The number of nitrogens with zero attached hydrogens (tertiary/aromatic N) is 2. The minimum absolute atomic E-state index is 0.371. The van der Waals surface area contributed by atoms with Crippen molar-refractivity contribution in [1.29, 1.82) is 0 Å². The average molecular weight is 344 g/mol. The van der Waals surface area contributed by atoms with E-state index in [1.165, 1.54) is 0 Å². The number of aromatic nitrogens is 2. The van der Waals surface area contributed by atoms with Crippen molar-refractivity contribution in [2.45, 2.75) is 4.90 Å². The van der Waals surface area contributed by atoms with Gasteiger partial charge in [0.2, 0.25) is 0 Å². The molecule has 0 aliphatic rings. The Hall–Kier alpha value is -3.05. The van der Waals surface area contributed by atoms with Gasteiger partial charge in [-0.2, -0.15) is 0 Å². The van der Waals surface area contributed by atoms with E-state index in [9.17, 15) is 0 Å². The molecule has 120 valence electrons. The maximum absolute atomic E-state index is 5.89. The Bertz CT molecular complexity index is 1190. The smallest absolute Gasteiger partial charge is 0.284 e. The number of fused-ring (bicyclic) bond motifs is 2. The molecule has 0 N–H and O–H groups in total. The lowest BCUT2D eigenvalue weighted by atomic mass is 10.0. The molecular weight excluding hydrogens is 332 g/mol. The van der Waals surface area contributed by atoms with Gasteiger partial charge in [-0.15, -0.1) is 12.6 Å². The Morgan fingerprint density at radius 1 is 0.640 bits per heavy atom. The molecule has 0 radical (unpaired) electrons. The van der Waals surface area contributed by atoms with Crippen molar-refractivity contribution in [3.8, 4) is 22.9 Å². The summed E-state index contributed by atoms with van der Waals surface area (Å²) in [7, 11) is 0. The maximum atomic E-state index is 5.89. The van der Waals surface area contributed by atoms with Crippen molar-refractivity contribution in [2.75, 3.05) is 0 Å². The van der Waals surface area contributed by atoms with E-state index in [1.54, 1.807) is 0 Å². The summed E-state index contributed by atoms with van der Waals surface area (Å²) in [5, 5.41) is 0. The lowest BCUT2D eigenvalue weighted by Crippen LogP contribution is -1.82. The lowest BCUT2D eigenvalue weighted by molar-refractivity contribution is 0.550. The molecule has 4 nitrogen and oxygen atoms in total. The van der Waals surface area contributed by atoms with Crippen LogP contribution in [-0.4, -0.2) is 9.97 Å². The molecule has 5 rings (SSSR count). The van der Waals surface area contributed by atoms with Crippen molar-refractivity contribution in [3.05, 3.63) is 66.7 Å². The zero-order valence-electron chi connectivity index (χ0n) is 13.0. The topological polar surface area (TPSA) is 52.1 Å². The van der Waals surface area contributed by atoms with Crippen molar-refractivity contribution in [1.82, 2.24) is 9.97 Å². The number of hydrogen-bond acceptors (Lipinski definition) is 5. The van der Waals surface area contributed by atoms with Crippen LogP contribution in [0.1, 0.15) is 0 Å². The summed E-state index contributed by atoms with van der Waals surface area (Å²) in [4.78, 5) is 9.99. The van der Waals surface area contributed by atoms with Gasteiger partial charge >= 0.3 is 0 Å². The van der Waals surface area contributed by atoms with Crippen LogP contribution in [0.5, 0.6) is 0 Å². The van der Waals surface area contributed by atoms with Crippen LogP contribution >= 0.6 is 12.6 Å². The molecule has 0 atom stereocenters. The van der Waals surface area contributed by atoms with Gasteiger partial charge in [0.05, 0.1) is 0 Å². The average Bonchev–Trinajstić information content (AvgIpc) is 3.25. The Balaban J connectivity index is 1.72. The molecule has 5 aromatic rings. The highest BCUT2D eigenvalue weighted by Crippen LogP contribution is 2.34. The summed E-state index contributed by atoms with van der Waals surface area (Å²) in [5.74, 6) is 0.748. The van der Waals surface area contributed by atoms with E-state index in [4.69, 9.17) is 8.83 Å². The third-order valence-corrected chi connectivity index (χ3v) is 4.48. The number of para-hydroxylation sites is 3. The van der Waals surface area contributed by atoms with E-state index >= 15 is 0 Å². The van der Waals surface area contributed by atoms with Gasteiger partial charge in [-0.05, 0) is 29.8 Å². The highest BCUT2D eigenvalue weighted by Gasteiger charge is 2.17. The summed E-state index contributed by atoms with van der Waals surface area (Å²) in [6.45, 7) is 0. The van der Waals surface area contributed by atoms with Gasteiger partial charge < -0.3 is 8.83 Å². The molecule has 2 heterocycles. The number of hydrogen-bond donors (Lipinski definition) is 1. The minimum Gasteiger partial charge on any atom is -0.432 e. The SMILES string of the molecule is Sc1ccccc1-c1cccc2oc(-c3nc4ccccc4o3)nc12. The first kappa shape index (κ1) is 14.3. The normalized spacial score (nSPS) is 11.4. The van der Waals surface area contributed by atoms with Gasteiger partial charge in [0.1, 0.15) is 11.0 Å². The molecule has 3 aromatic carbocycles. The van der Waals surface area contributed by atoms with Crippen LogP contribution < -0.4 is 0 Å². The van der Waals surface area contributed by atoms with Crippen molar-refractivity contribution in [3.63, 3.8) is 0 Å². The van der Waals surface area contributed by atoms with Crippen molar-refractivity contribution >= 4 is 34.8 Å². The fourth-order valence-corrected chi connectivity index (χ4v) is 3.20. The van der Waals surface area contributed by atoms with Crippen LogP contribution in [-0.2, 0) is 0 Å². The van der Waals surface area contributed by atoms with E-state index in [2.05, 4.69) is 22.6 Å². The van der Waals surface area contributed by atoms with E-state index in [1.807, 2.05) is 66.7 Å². The largest absolute Gasteiger partial charge is 0.432 e. The first-order chi connectivity index (χ1) is 12.3. The van der Waals surface area contributed by atoms with Crippen LogP contribution in [0.2, 0.25) is 0 Å². The monoisotopic (exact) mass is 344 g/mol. The lowest BCUT2D eigenvalue weighted by Gasteiger charge is -2.04. The van der Waals surface area contributed by atoms with Gasteiger partial charge in [0.25, 0.3) is 11.8 Å². The molecule has 0 unspecified atom stereocenters. The zero-order chi connectivity index (χ0) is 16.8. The van der Waals surface area contributed by atoms with Crippen molar-refractivity contribution < 1.29 is 8.83 Å².